The van der Waals surface area contributed by atoms with Gasteiger partial charge in [0, 0.05) is 34.6 Å². The molecular formula is C21H26N2S. The predicted octanol–water partition coefficient (Wildman–Crippen LogP) is 5.04. The highest BCUT2D eigenvalue weighted by Gasteiger charge is 2.25. The molecule has 126 valence electrons. The lowest BCUT2D eigenvalue weighted by Crippen LogP contribution is -2.41. The molecule has 0 saturated carbocycles. The molecule has 0 bridgehead atoms. The monoisotopic (exact) mass is 338 g/mol. The molecule has 2 nitrogen and oxygen atoms in total. The second-order valence-electron chi connectivity index (χ2n) is 6.90. The molecule has 1 aliphatic rings. The first-order valence-electron chi connectivity index (χ1n) is 9.19. The zero-order valence-electron chi connectivity index (χ0n) is 14.4. The molecule has 0 saturated heterocycles. The van der Waals surface area contributed by atoms with Crippen LogP contribution >= 0.6 is 11.3 Å². The molecule has 0 aliphatic heterocycles. The Hall–Kier alpha value is -1.58. The predicted molar refractivity (Wildman–Crippen MR) is 104 cm³/mol. The van der Waals surface area contributed by atoms with Gasteiger partial charge in [-0.15, -0.1) is 11.3 Å². The molecule has 4 rings (SSSR count). The first-order chi connectivity index (χ1) is 11.8. The Morgan fingerprint density at radius 2 is 2.17 bits per heavy atom. The molecule has 3 heteroatoms. The van der Waals surface area contributed by atoms with Gasteiger partial charge in [-0.3, -0.25) is 4.90 Å². The van der Waals surface area contributed by atoms with Crippen LogP contribution < -0.4 is 0 Å². The van der Waals surface area contributed by atoms with Gasteiger partial charge in [-0.25, -0.2) is 0 Å². The lowest BCUT2D eigenvalue weighted by molar-refractivity contribution is 0.182. The van der Waals surface area contributed by atoms with Crippen LogP contribution in [0.4, 0.5) is 0 Å². The van der Waals surface area contributed by atoms with Crippen molar-refractivity contribution >= 4 is 22.2 Å². The molecule has 0 radical (unpaired) electrons. The number of nitrogens with one attached hydrogen (secondary N) is 1. The Morgan fingerprint density at radius 3 is 3.00 bits per heavy atom. The summed E-state index contributed by atoms with van der Waals surface area (Å²) >= 11 is 1.89. The van der Waals surface area contributed by atoms with Gasteiger partial charge in [0.05, 0.1) is 0 Å². The molecule has 0 fully saturated rings. The molecule has 2 aromatic heterocycles. The Bertz CT molecular complexity index is 787. The third-order valence-corrected chi connectivity index (χ3v) is 6.31. The number of H-pyrrole nitrogens is 1. The van der Waals surface area contributed by atoms with E-state index in [1.807, 2.05) is 11.3 Å². The van der Waals surface area contributed by atoms with Crippen LogP contribution in [0.5, 0.6) is 0 Å². The molecule has 1 aliphatic carbocycles. The van der Waals surface area contributed by atoms with E-state index in [0.717, 1.165) is 0 Å². The number of fused-ring (bicyclic) bond motifs is 3. The van der Waals surface area contributed by atoms with Gasteiger partial charge in [-0.1, -0.05) is 19.1 Å². The maximum Gasteiger partial charge on any atom is 0.0456 e. The second kappa shape index (κ2) is 7.12. The lowest BCUT2D eigenvalue weighted by Gasteiger charge is -2.35. The number of aromatic amines is 1. The van der Waals surface area contributed by atoms with E-state index in [2.05, 4.69) is 58.7 Å². The Labute approximate surface area is 148 Å². The third-order valence-electron chi connectivity index (χ3n) is 5.38. The van der Waals surface area contributed by atoms with Crippen molar-refractivity contribution in [2.24, 2.45) is 0 Å². The SMILES string of the molecule is CCCN(CCc1cccs1)C1CCc2c(ccc3[nH]ccc23)C1. The fourth-order valence-corrected chi connectivity index (χ4v) is 4.88. The van der Waals surface area contributed by atoms with Crippen molar-refractivity contribution in [3.8, 4) is 0 Å². The van der Waals surface area contributed by atoms with E-state index < -0.39 is 0 Å². The minimum atomic E-state index is 0.703. The first kappa shape index (κ1) is 15.9. The molecule has 0 spiro atoms. The van der Waals surface area contributed by atoms with Gasteiger partial charge in [0.25, 0.3) is 0 Å². The van der Waals surface area contributed by atoms with E-state index in [4.69, 9.17) is 0 Å². The van der Waals surface area contributed by atoms with Crippen LogP contribution in [0.15, 0.2) is 41.9 Å². The standard InChI is InChI=1S/C21H26N2S/c1-2-12-23(13-10-18-4-3-14-24-18)17-6-7-19-16(15-17)5-8-21-20(19)9-11-22-21/h3-5,8-9,11,14,17,22H,2,6-7,10,12-13,15H2,1H3. The van der Waals surface area contributed by atoms with Crippen LogP contribution in [-0.2, 0) is 19.3 Å². The van der Waals surface area contributed by atoms with E-state index in [9.17, 15) is 0 Å². The summed E-state index contributed by atoms with van der Waals surface area (Å²) in [5, 5.41) is 3.63. The van der Waals surface area contributed by atoms with Crippen molar-refractivity contribution in [2.75, 3.05) is 13.1 Å². The summed E-state index contributed by atoms with van der Waals surface area (Å²) in [5.74, 6) is 0. The van der Waals surface area contributed by atoms with Crippen molar-refractivity contribution in [1.82, 2.24) is 9.88 Å². The average molecular weight is 339 g/mol. The molecule has 1 N–H and O–H groups in total. The van der Waals surface area contributed by atoms with E-state index in [0.29, 0.717) is 6.04 Å². The van der Waals surface area contributed by atoms with Gasteiger partial charge in [0.1, 0.15) is 0 Å². The molecule has 0 amide bonds. The molecule has 1 atom stereocenters. The first-order valence-corrected chi connectivity index (χ1v) is 10.1. The highest BCUT2D eigenvalue weighted by Crippen LogP contribution is 2.30. The molecule has 1 unspecified atom stereocenters. The second-order valence-corrected chi connectivity index (χ2v) is 7.94. The van der Waals surface area contributed by atoms with Crippen LogP contribution in [0.25, 0.3) is 10.9 Å². The van der Waals surface area contributed by atoms with Gasteiger partial charge in [-0.2, -0.15) is 0 Å². The van der Waals surface area contributed by atoms with Crippen LogP contribution in [0.3, 0.4) is 0 Å². The Balaban J connectivity index is 1.50. The van der Waals surface area contributed by atoms with Gasteiger partial charge in [-0.05, 0) is 73.4 Å². The smallest absolute Gasteiger partial charge is 0.0456 e. The fraction of sp³-hybridized carbons (Fsp3) is 0.429. The number of nitrogens with zero attached hydrogens (tertiary/aromatic N) is 1. The maximum atomic E-state index is 3.35. The molecule has 3 aromatic rings. The molecule has 24 heavy (non-hydrogen) atoms. The van der Waals surface area contributed by atoms with Crippen molar-refractivity contribution in [3.05, 3.63) is 57.9 Å². The van der Waals surface area contributed by atoms with Crippen LogP contribution in [0.2, 0.25) is 0 Å². The van der Waals surface area contributed by atoms with Gasteiger partial charge in [0.2, 0.25) is 0 Å². The summed E-state index contributed by atoms with van der Waals surface area (Å²) in [7, 11) is 0. The van der Waals surface area contributed by atoms with Crippen molar-refractivity contribution < 1.29 is 0 Å². The van der Waals surface area contributed by atoms with E-state index in [-0.39, 0.29) is 0 Å². The van der Waals surface area contributed by atoms with Gasteiger partial charge >= 0.3 is 0 Å². The zero-order chi connectivity index (χ0) is 16.4. The minimum Gasteiger partial charge on any atom is -0.361 e. The number of thiophene rings is 1. The number of aromatic nitrogens is 1. The number of benzene rings is 1. The number of hydrogen-bond donors (Lipinski definition) is 1. The number of hydrogen-bond acceptors (Lipinski definition) is 2. The van der Waals surface area contributed by atoms with Crippen molar-refractivity contribution in [1.29, 1.82) is 0 Å². The van der Waals surface area contributed by atoms with Crippen LogP contribution in [-0.4, -0.2) is 29.0 Å². The summed E-state index contributed by atoms with van der Waals surface area (Å²) in [5.41, 5.74) is 4.44. The van der Waals surface area contributed by atoms with Crippen LogP contribution in [0.1, 0.15) is 35.8 Å². The Morgan fingerprint density at radius 1 is 1.21 bits per heavy atom. The Kier molecular flexibility index (Phi) is 4.72. The maximum absolute atomic E-state index is 3.35. The highest BCUT2D eigenvalue weighted by molar-refractivity contribution is 7.09. The normalized spacial score (nSPS) is 17.5. The van der Waals surface area contributed by atoms with E-state index >= 15 is 0 Å². The van der Waals surface area contributed by atoms with Crippen molar-refractivity contribution in [3.63, 3.8) is 0 Å². The van der Waals surface area contributed by atoms with Gasteiger partial charge < -0.3 is 4.98 Å². The molecule has 1 aromatic carbocycles. The van der Waals surface area contributed by atoms with Crippen LogP contribution in [0, 0.1) is 0 Å². The summed E-state index contributed by atoms with van der Waals surface area (Å²) < 4.78 is 0. The lowest BCUT2D eigenvalue weighted by atomic mass is 9.85. The average Bonchev–Trinajstić information content (AvgIpc) is 3.29. The summed E-state index contributed by atoms with van der Waals surface area (Å²) in [6.07, 6.45) is 8.22. The number of aryl methyl sites for hydroxylation is 1. The topological polar surface area (TPSA) is 19.0 Å². The third kappa shape index (κ3) is 3.15. The zero-order valence-corrected chi connectivity index (χ0v) is 15.2. The summed E-state index contributed by atoms with van der Waals surface area (Å²) in [6.45, 7) is 4.72. The largest absolute Gasteiger partial charge is 0.361 e. The fourth-order valence-electron chi connectivity index (χ4n) is 4.18. The van der Waals surface area contributed by atoms with Crippen molar-refractivity contribution in [2.45, 2.75) is 45.1 Å². The van der Waals surface area contributed by atoms with Gasteiger partial charge in [0.15, 0.2) is 0 Å². The molecular weight excluding hydrogens is 312 g/mol. The number of rotatable bonds is 6. The quantitative estimate of drug-likeness (QED) is 0.667. The van der Waals surface area contributed by atoms with E-state index in [1.54, 1.807) is 11.1 Å². The summed E-state index contributed by atoms with van der Waals surface area (Å²) in [4.78, 5) is 7.61. The van der Waals surface area contributed by atoms with E-state index in [1.165, 1.54) is 61.0 Å². The minimum absolute atomic E-state index is 0.703. The highest BCUT2D eigenvalue weighted by atomic mass is 32.1. The molecule has 2 heterocycles. The summed E-state index contributed by atoms with van der Waals surface area (Å²) in [6, 6.07) is 12.0.